The lowest BCUT2D eigenvalue weighted by atomic mass is 9.87. The van der Waals surface area contributed by atoms with Crippen LogP contribution in [0.1, 0.15) is 51.5 Å². The van der Waals surface area contributed by atoms with E-state index in [4.69, 9.17) is 0 Å². The van der Waals surface area contributed by atoms with Crippen molar-refractivity contribution in [3.8, 4) is 0 Å². The molecule has 1 aromatic rings. The standard InChI is InChI=1S/C19H31N5O/c1-4-20-19(23-16-8-5-14(2)6-9-16)21-12-11-18(25)24-17-10-7-15(3)13-22-17/h7,10,13-14,16H,4-6,8-9,11-12H2,1-3H3,(H2,20,21,23)(H,22,24,25). The number of pyridine rings is 1. The van der Waals surface area contributed by atoms with E-state index in [1.165, 1.54) is 25.7 Å². The minimum absolute atomic E-state index is 0.0672. The molecule has 0 atom stereocenters. The maximum absolute atomic E-state index is 12.0. The van der Waals surface area contributed by atoms with Crippen molar-refractivity contribution in [2.75, 3.05) is 18.4 Å². The average Bonchev–Trinajstić information content (AvgIpc) is 2.59. The van der Waals surface area contributed by atoms with Crippen molar-refractivity contribution in [3.63, 3.8) is 0 Å². The van der Waals surface area contributed by atoms with E-state index < -0.39 is 0 Å². The third-order valence-corrected chi connectivity index (χ3v) is 4.49. The van der Waals surface area contributed by atoms with Gasteiger partial charge in [0.1, 0.15) is 5.82 Å². The number of guanidine groups is 1. The summed E-state index contributed by atoms with van der Waals surface area (Å²) in [6.45, 7) is 7.60. The highest BCUT2D eigenvalue weighted by Gasteiger charge is 2.18. The summed E-state index contributed by atoms with van der Waals surface area (Å²) < 4.78 is 0. The van der Waals surface area contributed by atoms with Gasteiger partial charge in [-0.1, -0.05) is 13.0 Å². The van der Waals surface area contributed by atoms with Crippen LogP contribution in [0.15, 0.2) is 23.3 Å². The molecule has 2 rings (SSSR count). The number of rotatable bonds is 6. The molecule has 0 aliphatic heterocycles. The van der Waals surface area contributed by atoms with Crippen LogP contribution in [0.5, 0.6) is 0 Å². The number of nitrogens with zero attached hydrogens (tertiary/aromatic N) is 2. The van der Waals surface area contributed by atoms with E-state index in [1.54, 1.807) is 6.20 Å². The molecule has 6 nitrogen and oxygen atoms in total. The van der Waals surface area contributed by atoms with Gasteiger partial charge in [-0.25, -0.2) is 4.98 Å². The Balaban J connectivity index is 1.77. The first-order valence-electron chi connectivity index (χ1n) is 9.34. The number of hydrogen-bond acceptors (Lipinski definition) is 3. The van der Waals surface area contributed by atoms with Crippen molar-refractivity contribution in [3.05, 3.63) is 23.9 Å². The van der Waals surface area contributed by atoms with Gasteiger partial charge in [0.05, 0.1) is 6.54 Å². The summed E-state index contributed by atoms with van der Waals surface area (Å²) in [7, 11) is 0. The minimum atomic E-state index is -0.0672. The first-order chi connectivity index (χ1) is 12.1. The second-order valence-electron chi connectivity index (χ2n) is 6.88. The molecule has 0 spiro atoms. The largest absolute Gasteiger partial charge is 0.357 e. The highest BCUT2D eigenvalue weighted by Crippen LogP contribution is 2.23. The first-order valence-corrected chi connectivity index (χ1v) is 9.34. The second-order valence-corrected chi connectivity index (χ2v) is 6.88. The summed E-state index contributed by atoms with van der Waals surface area (Å²) in [6, 6.07) is 4.23. The summed E-state index contributed by atoms with van der Waals surface area (Å²) in [6.07, 6.45) is 6.99. The van der Waals surface area contributed by atoms with Crippen LogP contribution in [0.4, 0.5) is 5.82 Å². The van der Waals surface area contributed by atoms with Crippen LogP contribution in [0, 0.1) is 12.8 Å². The molecule has 138 valence electrons. The Labute approximate surface area is 150 Å². The monoisotopic (exact) mass is 345 g/mol. The van der Waals surface area contributed by atoms with Crippen LogP contribution in [-0.4, -0.2) is 36.0 Å². The minimum Gasteiger partial charge on any atom is -0.357 e. The number of amides is 1. The van der Waals surface area contributed by atoms with Crippen molar-refractivity contribution in [1.29, 1.82) is 0 Å². The van der Waals surface area contributed by atoms with Crippen LogP contribution in [0.25, 0.3) is 0 Å². The van der Waals surface area contributed by atoms with Gasteiger partial charge in [0.2, 0.25) is 5.91 Å². The number of nitrogens with one attached hydrogen (secondary N) is 3. The van der Waals surface area contributed by atoms with E-state index in [-0.39, 0.29) is 5.91 Å². The smallest absolute Gasteiger partial charge is 0.227 e. The van der Waals surface area contributed by atoms with Gasteiger partial charge in [-0.2, -0.15) is 0 Å². The van der Waals surface area contributed by atoms with Gasteiger partial charge in [0.25, 0.3) is 0 Å². The SMILES string of the molecule is CCNC(=NCCC(=O)Nc1ccc(C)cn1)NC1CCC(C)CC1. The molecule has 1 aliphatic carbocycles. The molecule has 3 N–H and O–H groups in total. The number of aromatic nitrogens is 1. The third kappa shape index (κ3) is 7.11. The lowest BCUT2D eigenvalue weighted by Crippen LogP contribution is -2.44. The van der Waals surface area contributed by atoms with E-state index in [1.807, 2.05) is 19.1 Å². The van der Waals surface area contributed by atoms with Crippen LogP contribution < -0.4 is 16.0 Å². The Kier molecular flexibility index (Phi) is 7.70. The molecule has 1 fully saturated rings. The van der Waals surface area contributed by atoms with Crippen LogP contribution in [0.2, 0.25) is 0 Å². The van der Waals surface area contributed by atoms with Crippen LogP contribution >= 0.6 is 0 Å². The van der Waals surface area contributed by atoms with E-state index in [0.29, 0.717) is 24.8 Å². The predicted molar refractivity (Wildman–Crippen MR) is 103 cm³/mol. The summed E-state index contributed by atoms with van der Waals surface area (Å²) in [5, 5.41) is 9.57. The molecule has 1 heterocycles. The average molecular weight is 345 g/mol. The van der Waals surface area contributed by atoms with Crippen molar-refractivity contribution in [2.24, 2.45) is 10.9 Å². The molecule has 0 saturated heterocycles. The maximum Gasteiger partial charge on any atom is 0.227 e. The van der Waals surface area contributed by atoms with Crippen LogP contribution in [0.3, 0.4) is 0 Å². The Hall–Kier alpha value is -2.11. The van der Waals surface area contributed by atoms with Gasteiger partial charge in [-0.15, -0.1) is 0 Å². The fourth-order valence-electron chi connectivity index (χ4n) is 2.93. The zero-order valence-electron chi connectivity index (χ0n) is 15.6. The molecule has 1 amide bonds. The highest BCUT2D eigenvalue weighted by molar-refractivity contribution is 5.90. The maximum atomic E-state index is 12.0. The number of carbonyl (C=O) groups is 1. The number of hydrogen-bond donors (Lipinski definition) is 3. The Bertz CT molecular complexity index is 562. The van der Waals surface area contributed by atoms with Crippen molar-refractivity contribution >= 4 is 17.7 Å². The molecule has 1 saturated carbocycles. The summed E-state index contributed by atoms with van der Waals surface area (Å²) >= 11 is 0. The molecule has 1 aliphatic rings. The van der Waals surface area contributed by atoms with Crippen molar-refractivity contribution < 1.29 is 4.79 Å². The predicted octanol–water partition coefficient (Wildman–Crippen LogP) is 2.85. The lowest BCUT2D eigenvalue weighted by Gasteiger charge is -2.28. The van der Waals surface area contributed by atoms with Crippen molar-refractivity contribution in [1.82, 2.24) is 15.6 Å². The Morgan fingerprint density at radius 3 is 2.68 bits per heavy atom. The number of aryl methyl sites for hydroxylation is 1. The molecule has 0 aromatic carbocycles. The fraction of sp³-hybridized carbons (Fsp3) is 0.632. The highest BCUT2D eigenvalue weighted by atomic mass is 16.1. The molecule has 1 aromatic heterocycles. The fourth-order valence-corrected chi connectivity index (χ4v) is 2.93. The van der Waals surface area contributed by atoms with E-state index >= 15 is 0 Å². The van der Waals surface area contributed by atoms with E-state index in [2.05, 4.69) is 39.8 Å². The molecular formula is C19H31N5O. The van der Waals surface area contributed by atoms with Gasteiger partial charge >= 0.3 is 0 Å². The van der Waals surface area contributed by atoms with Crippen molar-refractivity contribution in [2.45, 2.75) is 58.9 Å². The van der Waals surface area contributed by atoms with E-state index in [0.717, 1.165) is 24.0 Å². The quantitative estimate of drug-likeness (QED) is 0.547. The van der Waals surface area contributed by atoms with Gasteiger partial charge in [0, 0.05) is 25.2 Å². The Morgan fingerprint density at radius 1 is 1.28 bits per heavy atom. The number of anilines is 1. The summed E-state index contributed by atoms with van der Waals surface area (Å²) in [4.78, 5) is 20.7. The zero-order valence-corrected chi connectivity index (χ0v) is 15.6. The lowest BCUT2D eigenvalue weighted by molar-refractivity contribution is -0.116. The second kappa shape index (κ2) is 10.0. The zero-order chi connectivity index (χ0) is 18.1. The van der Waals surface area contributed by atoms with Gasteiger partial charge < -0.3 is 16.0 Å². The molecule has 0 bridgehead atoms. The molecule has 0 unspecified atom stereocenters. The third-order valence-electron chi connectivity index (χ3n) is 4.49. The topological polar surface area (TPSA) is 78.4 Å². The van der Waals surface area contributed by atoms with E-state index in [9.17, 15) is 4.79 Å². The van der Waals surface area contributed by atoms with Gasteiger partial charge in [-0.3, -0.25) is 9.79 Å². The first kappa shape index (κ1) is 19.2. The van der Waals surface area contributed by atoms with Gasteiger partial charge in [-0.05, 0) is 57.1 Å². The van der Waals surface area contributed by atoms with Gasteiger partial charge in [0.15, 0.2) is 5.96 Å². The molecule has 6 heteroatoms. The summed E-state index contributed by atoms with van der Waals surface area (Å²) in [5.41, 5.74) is 1.07. The molecule has 25 heavy (non-hydrogen) atoms. The number of carbonyl (C=O) groups excluding carboxylic acids is 1. The summed E-state index contributed by atoms with van der Waals surface area (Å²) in [5.74, 6) is 2.16. The molecule has 0 radical (unpaired) electrons. The Morgan fingerprint density at radius 2 is 2.04 bits per heavy atom. The normalized spacial score (nSPS) is 20.8. The molecular weight excluding hydrogens is 314 g/mol. The number of aliphatic imine (C=N–C) groups is 1. The van der Waals surface area contributed by atoms with Crippen LogP contribution in [-0.2, 0) is 4.79 Å².